The van der Waals surface area contributed by atoms with E-state index < -0.39 is 19.1 Å². The summed E-state index contributed by atoms with van der Waals surface area (Å²) in [5.41, 5.74) is 0.303. The molecule has 1 atom stereocenters. The van der Waals surface area contributed by atoms with E-state index in [9.17, 15) is 18.7 Å². The molecule has 7 heteroatoms. The van der Waals surface area contributed by atoms with Crippen LogP contribution in [0.4, 0.5) is 8.78 Å². The molecule has 0 aliphatic rings. The fourth-order valence-electron chi connectivity index (χ4n) is 1.47. The lowest BCUT2D eigenvalue weighted by Gasteiger charge is -2.18. The van der Waals surface area contributed by atoms with E-state index >= 15 is 0 Å². The van der Waals surface area contributed by atoms with Gasteiger partial charge in [0.15, 0.2) is 6.61 Å². The van der Waals surface area contributed by atoms with Gasteiger partial charge in [-0.3, -0.25) is 4.79 Å². The first-order valence-corrected chi connectivity index (χ1v) is 6.20. The number of amides is 1. The van der Waals surface area contributed by atoms with Gasteiger partial charge in [-0.15, -0.1) is 0 Å². The number of hydrogen-bond donors (Lipinski definition) is 1. The van der Waals surface area contributed by atoms with Crippen LogP contribution in [0.3, 0.4) is 0 Å². The summed E-state index contributed by atoms with van der Waals surface area (Å²) in [7, 11) is 1.60. The molecule has 1 N–H and O–H groups in total. The van der Waals surface area contributed by atoms with Crippen LogP contribution in [0.15, 0.2) is 18.3 Å². The Morgan fingerprint density at radius 3 is 2.85 bits per heavy atom. The highest BCUT2D eigenvalue weighted by molar-refractivity contribution is 5.94. The molecule has 1 amide bonds. The largest absolute Gasteiger partial charge is 0.472 e. The van der Waals surface area contributed by atoms with Crippen LogP contribution in [-0.4, -0.2) is 53.6 Å². The summed E-state index contributed by atoms with van der Waals surface area (Å²) < 4.78 is 28.8. The van der Waals surface area contributed by atoms with Gasteiger partial charge in [0.05, 0.1) is 6.10 Å². The number of nitrogens with zero attached hydrogens (tertiary/aromatic N) is 2. The van der Waals surface area contributed by atoms with E-state index in [1.54, 1.807) is 14.0 Å². The maximum Gasteiger partial charge on any atom is 0.272 e. The monoisotopic (exact) mass is 288 g/mol. The van der Waals surface area contributed by atoms with Crippen molar-refractivity contribution in [1.82, 2.24) is 9.88 Å². The van der Waals surface area contributed by atoms with Crippen LogP contribution in [-0.2, 0) is 0 Å². The quantitative estimate of drug-likeness (QED) is 0.827. The predicted molar refractivity (Wildman–Crippen MR) is 69.0 cm³/mol. The molecule has 0 fully saturated rings. The smallest absolute Gasteiger partial charge is 0.272 e. The van der Waals surface area contributed by atoms with E-state index in [4.69, 9.17) is 4.74 Å². The molecule has 0 aliphatic heterocycles. The molecule has 1 rings (SSSR count). The summed E-state index contributed by atoms with van der Waals surface area (Å²) >= 11 is 0. The number of aliphatic hydroxyl groups excluding tert-OH is 1. The third-order valence-corrected chi connectivity index (χ3v) is 2.57. The topological polar surface area (TPSA) is 62.7 Å². The second-order valence-corrected chi connectivity index (χ2v) is 4.45. The van der Waals surface area contributed by atoms with Gasteiger partial charge in [0.2, 0.25) is 5.88 Å². The van der Waals surface area contributed by atoms with Crippen molar-refractivity contribution in [3.8, 4) is 5.88 Å². The van der Waals surface area contributed by atoms with Gasteiger partial charge in [-0.1, -0.05) is 0 Å². The van der Waals surface area contributed by atoms with E-state index in [0.717, 1.165) is 0 Å². The number of aromatic nitrogens is 1. The van der Waals surface area contributed by atoms with Gasteiger partial charge < -0.3 is 14.7 Å². The minimum atomic E-state index is -2.59. The van der Waals surface area contributed by atoms with Gasteiger partial charge in [0.1, 0.15) is 0 Å². The fraction of sp³-hybridized carbons (Fsp3) is 0.538. The average molecular weight is 288 g/mol. The zero-order chi connectivity index (χ0) is 15.1. The molecule has 0 aromatic carbocycles. The summed E-state index contributed by atoms with van der Waals surface area (Å²) in [6, 6.07) is 2.81. The Labute approximate surface area is 116 Å². The third-order valence-electron chi connectivity index (χ3n) is 2.57. The first-order valence-electron chi connectivity index (χ1n) is 6.20. The maximum atomic E-state index is 12.1. The molecule has 1 aromatic rings. The fourth-order valence-corrected chi connectivity index (χ4v) is 1.47. The molecule has 0 saturated carbocycles. The molecule has 5 nitrogen and oxygen atoms in total. The van der Waals surface area contributed by atoms with Gasteiger partial charge in [-0.05, 0) is 19.4 Å². The van der Waals surface area contributed by atoms with Gasteiger partial charge in [0.25, 0.3) is 12.3 Å². The summed E-state index contributed by atoms with van der Waals surface area (Å²) in [6.07, 6.45) is -1.30. The molecule has 1 heterocycles. The summed E-state index contributed by atoms with van der Waals surface area (Å²) in [4.78, 5) is 17.3. The highest BCUT2D eigenvalue weighted by atomic mass is 19.3. The Kier molecular flexibility index (Phi) is 6.30. The van der Waals surface area contributed by atoms with E-state index in [1.165, 1.54) is 23.2 Å². The number of hydrogen-bond acceptors (Lipinski definition) is 4. The van der Waals surface area contributed by atoms with Crippen molar-refractivity contribution < 1.29 is 23.4 Å². The molecule has 1 unspecified atom stereocenters. The number of aliphatic hydroxyl groups is 1. The van der Waals surface area contributed by atoms with E-state index in [-0.39, 0.29) is 11.8 Å². The Morgan fingerprint density at radius 1 is 1.55 bits per heavy atom. The Bertz CT molecular complexity index is 441. The van der Waals surface area contributed by atoms with Crippen molar-refractivity contribution in [1.29, 1.82) is 0 Å². The van der Waals surface area contributed by atoms with Crippen LogP contribution < -0.4 is 4.74 Å². The SMILES string of the molecule is CC(O)CCN(C)C(=O)c1ccnc(OCC(F)F)c1. The Balaban J connectivity index is 2.65. The van der Waals surface area contributed by atoms with Crippen LogP contribution in [0.5, 0.6) is 5.88 Å². The van der Waals surface area contributed by atoms with E-state index in [2.05, 4.69) is 4.98 Å². The number of carbonyl (C=O) groups excluding carboxylic acids is 1. The Morgan fingerprint density at radius 2 is 2.25 bits per heavy atom. The molecule has 0 bridgehead atoms. The van der Waals surface area contributed by atoms with Gasteiger partial charge >= 0.3 is 0 Å². The molecule has 20 heavy (non-hydrogen) atoms. The zero-order valence-corrected chi connectivity index (χ0v) is 11.4. The molecule has 0 spiro atoms. The molecule has 0 saturated heterocycles. The Hall–Kier alpha value is -1.76. The number of halogens is 2. The first-order chi connectivity index (χ1) is 9.40. The predicted octanol–water partition coefficient (Wildman–Crippen LogP) is 1.57. The minimum Gasteiger partial charge on any atom is -0.472 e. The van der Waals surface area contributed by atoms with Crippen molar-refractivity contribution >= 4 is 5.91 Å². The highest BCUT2D eigenvalue weighted by Gasteiger charge is 2.14. The molecule has 0 radical (unpaired) electrons. The van der Waals surface area contributed by atoms with Crippen LogP contribution in [0.1, 0.15) is 23.7 Å². The number of pyridine rings is 1. The van der Waals surface area contributed by atoms with Crippen molar-refractivity contribution in [2.24, 2.45) is 0 Å². The summed E-state index contributed by atoms with van der Waals surface area (Å²) in [5, 5.41) is 9.18. The molecule has 1 aromatic heterocycles. The van der Waals surface area contributed by atoms with Crippen molar-refractivity contribution in [2.45, 2.75) is 25.9 Å². The maximum absolute atomic E-state index is 12.1. The van der Waals surface area contributed by atoms with E-state index in [0.29, 0.717) is 18.5 Å². The normalized spacial score (nSPS) is 12.3. The van der Waals surface area contributed by atoms with Gasteiger partial charge in [0, 0.05) is 31.4 Å². The number of ether oxygens (including phenoxy) is 1. The highest BCUT2D eigenvalue weighted by Crippen LogP contribution is 2.12. The van der Waals surface area contributed by atoms with Crippen LogP contribution in [0.25, 0.3) is 0 Å². The first kappa shape index (κ1) is 16.3. The van der Waals surface area contributed by atoms with Crippen molar-refractivity contribution in [3.05, 3.63) is 23.9 Å². The molecule has 0 aliphatic carbocycles. The van der Waals surface area contributed by atoms with Crippen molar-refractivity contribution in [2.75, 3.05) is 20.2 Å². The average Bonchev–Trinajstić information content (AvgIpc) is 2.42. The zero-order valence-electron chi connectivity index (χ0n) is 11.4. The number of alkyl halides is 2. The van der Waals surface area contributed by atoms with E-state index in [1.807, 2.05) is 0 Å². The van der Waals surface area contributed by atoms with Crippen molar-refractivity contribution in [3.63, 3.8) is 0 Å². The molecular formula is C13H18F2N2O3. The number of carbonyl (C=O) groups is 1. The lowest BCUT2D eigenvalue weighted by molar-refractivity contribution is 0.0761. The third kappa shape index (κ3) is 5.48. The summed E-state index contributed by atoms with van der Waals surface area (Å²) in [6.45, 7) is 1.27. The minimum absolute atomic E-state index is 0.0138. The standard InChI is InChI=1S/C13H18F2N2O3/c1-9(18)4-6-17(2)13(19)10-3-5-16-12(7-10)20-8-11(14)15/h3,5,7,9,11,18H,4,6,8H2,1-2H3. The summed E-state index contributed by atoms with van der Waals surface area (Å²) in [5.74, 6) is -0.296. The number of rotatable bonds is 7. The second-order valence-electron chi connectivity index (χ2n) is 4.45. The van der Waals surface area contributed by atoms with Crippen LogP contribution in [0.2, 0.25) is 0 Å². The van der Waals surface area contributed by atoms with Gasteiger partial charge in [-0.2, -0.15) is 0 Å². The molecular weight excluding hydrogens is 270 g/mol. The molecule has 112 valence electrons. The lowest BCUT2D eigenvalue weighted by atomic mass is 10.2. The lowest BCUT2D eigenvalue weighted by Crippen LogP contribution is -2.29. The van der Waals surface area contributed by atoms with Crippen LogP contribution >= 0.6 is 0 Å². The second kappa shape index (κ2) is 7.74. The van der Waals surface area contributed by atoms with Crippen LogP contribution in [0, 0.1) is 0 Å². The van der Waals surface area contributed by atoms with Gasteiger partial charge in [-0.25, -0.2) is 13.8 Å².